The molecule has 0 saturated heterocycles. The average Bonchev–Trinajstić information content (AvgIpc) is 3.02. The first-order chi connectivity index (χ1) is 10.6. The summed E-state index contributed by atoms with van der Waals surface area (Å²) >= 11 is 0.888. The van der Waals surface area contributed by atoms with Crippen molar-refractivity contribution in [3.05, 3.63) is 45.3 Å². The Morgan fingerprint density at radius 2 is 1.83 bits per heavy atom. The molecule has 0 fully saturated rings. The molecule has 4 nitrogen and oxygen atoms in total. The van der Waals surface area contributed by atoms with Crippen molar-refractivity contribution >= 4 is 17.0 Å². The van der Waals surface area contributed by atoms with Gasteiger partial charge in [-0.15, -0.1) is 11.3 Å². The lowest BCUT2D eigenvalue weighted by atomic mass is 10.2. The van der Waals surface area contributed by atoms with E-state index in [9.17, 15) is 31.1 Å². The Hall–Kier alpha value is -2.30. The van der Waals surface area contributed by atoms with E-state index in [-0.39, 0.29) is 15.5 Å². The van der Waals surface area contributed by atoms with Gasteiger partial charge in [-0.05, 0) is 11.4 Å². The second kappa shape index (κ2) is 4.85. The first-order valence-electron chi connectivity index (χ1n) is 5.93. The molecule has 0 amide bonds. The lowest BCUT2D eigenvalue weighted by Crippen LogP contribution is -2.20. The molecule has 0 radical (unpaired) electrons. The van der Waals surface area contributed by atoms with Crippen LogP contribution >= 0.6 is 11.3 Å². The zero-order chi connectivity index (χ0) is 17.0. The van der Waals surface area contributed by atoms with E-state index in [1.165, 1.54) is 17.5 Å². The lowest BCUT2D eigenvalue weighted by molar-refractivity contribution is -0.141. The molecule has 3 rings (SSSR count). The molecular formula is C12H5F6N3OS. The third-order valence-corrected chi connectivity index (χ3v) is 3.84. The van der Waals surface area contributed by atoms with Crippen LogP contribution in [0, 0.1) is 0 Å². The summed E-state index contributed by atoms with van der Waals surface area (Å²) in [5.41, 5.74) is -5.41. The van der Waals surface area contributed by atoms with E-state index in [2.05, 4.69) is 5.10 Å². The van der Waals surface area contributed by atoms with Crippen LogP contribution in [0.15, 0.2) is 28.4 Å². The number of nitrogens with one attached hydrogen (secondary N) is 1. The van der Waals surface area contributed by atoms with Crippen LogP contribution in [0.2, 0.25) is 0 Å². The fourth-order valence-electron chi connectivity index (χ4n) is 2.05. The van der Waals surface area contributed by atoms with E-state index in [4.69, 9.17) is 0 Å². The van der Waals surface area contributed by atoms with Crippen molar-refractivity contribution in [3.63, 3.8) is 0 Å². The van der Waals surface area contributed by atoms with Crippen LogP contribution in [0.1, 0.15) is 11.4 Å². The third-order valence-electron chi connectivity index (χ3n) is 2.96. The predicted molar refractivity (Wildman–Crippen MR) is 69.1 cm³/mol. The predicted octanol–water partition coefficient (Wildman–Crippen LogP) is 3.79. The molecule has 0 bridgehead atoms. The highest BCUT2D eigenvalue weighted by atomic mass is 32.1. The van der Waals surface area contributed by atoms with Crippen molar-refractivity contribution in [1.82, 2.24) is 14.6 Å². The third kappa shape index (κ3) is 2.60. The van der Waals surface area contributed by atoms with Gasteiger partial charge in [-0.25, -0.2) is 0 Å². The molecule has 0 aliphatic heterocycles. The quantitative estimate of drug-likeness (QED) is 0.677. The number of aromatic nitrogens is 3. The number of thiophene rings is 1. The SMILES string of the molecule is O=c1cc(C(F)(F)F)[nH]c2c(-c3cccs3)c(C(F)(F)F)nn12. The molecule has 0 unspecified atom stereocenters. The lowest BCUT2D eigenvalue weighted by Gasteiger charge is -2.07. The van der Waals surface area contributed by atoms with E-state index in [0.717, 1.165) is 11.3 Å². The van der Waals surface area contributed by atoms with Gasteiger partial charge >= 0.3 is 12.4 Å². The first-order valence-corrected chi connectivity index (χ1v) is 6.81. The molecular weight excluding hydrogens is 348 g/mol. The van der Waals surface area contributed by atoms with Crippen molar-refractivity contribution in [2.75, 3.05) is 0 Å². The first kappa shape index (κ1) is 15.6. The number of nitrogens with zero attached hydrogens (tertiary/aromatic N) is 2. The van der Waals surface area contributed by atoms with Crippen LogP contribution < -0.4 is 5.56 Å². The van der Waals surface area contributed by atoms with Crippen LogP contribution in [-0.2, 0) is 12.4 Å². The van der Waals surface area contributed by atoms with Gasteiger partial charge in [0.1, 0.15) is 11.3 Å². The van der Waals surface area contributed by atoms with E-state index in [0.29, 0.717) is 0 Å². The van der Waals surface area contributed by atoms with Crippen LogP contribution in [-0.4, -0.2) is 14.6 Å². The maximum absolute atomic E-state index is 13.1. The van der Waals surface area contributed by atoms with Crippen molar-refractivity contribution in [2.24, 2.45) is 0 Å². The summed E-state index contributed by atoms with van der Waals surface area (Å²) in [4.78, 5) is 13.6. The van der Waals surface area contributed by atoms with Crippen LogP contribution in [0.3, 0.4) is 0 Å². The summed E-state index contributed by atoms with van der Waals surface area (Å²) < 4.78 is 78.1. The Balaban J connectivity index is 2.45. The molecule has 0 saturated carbocycles. The molecule has 3 aromatic rings. The number of hydrogen-bond acceptors (Lipinski definition) is 3. The zero-order valence-corrected chi connectivity index (χ0v) is 11.6. The number of rotatable bonds is 1. The molecule has 3 aromatic heterocycles. The number of aromatic amines is 1. The van der Waals surface area contributed by atoms with E-state index < -0.39 is 40.5 Å². The molecule has 122 valence electrons. The van der Waals surface area contributed by atoms with Gasteiger partial charge < -0.3 is 4.98 Å². The van der Waals surface area contributed by atoms with Gasteiger partial charge in [0, 0.05) is 10.9 Å². The molecule has 3 heterocycles. The topological polar surface area (TPSA) is 50.2 Å². The molecule has 0 aromatic carbocycles. The zero-order valence-electron chi connectivity index (χ0n) is 10.8. The minimum Gasteiger partial charge on any atom is -0.335 e. The Labute approximate surface area is 127 Å². The molecule has 0 aliphatic rings. The largest absolute Gasteiger partial charge is 0.435 e. The molecule has 0 spiro atoms. The van der Waals surface area contributed by atoms with Gasteiger partial charge in [-0.3, -0.25) is 4.79 Å². The maximum Gasteiger partial charge on any atom is 0.435 e. The molecule has 0 aliphatic carbocycles. The number of H-pyrrole nitrogens is 1. The van der Waals surface area contributed by atoms with Crippen LogP contribution in [0.4, 0.5) is 26.3 Å². The summed E-state index contributed by atoms with van der Waals surface area (Å²) in [5, 5.41) is 4.61. The van der Waals surface area contributed by atoms with Gasteiger partial charge in [0.05, 0.1) is 5.56 Å². The maximum atomic E-state index is 13.1. The second-order valence-electron chi connectivity index (χ2n) is 4.48. The monoisotopic (exact) mass is 353 g/mol. The summed E-state index contributed by atoms with van der Waals surface area (Å²) in [6.45, 7) is 0. The number of halogens is 6. The second-order valence-corrected chi connectivity index (χ2v) is 5.43. The fourth-order valence-corrected chi connectivity index (χ4v) is 2.82. The van der Waals surface area contributed by atoms with Crippen LogP contribution in [0.5, 0.6) is 0 Å². The highest BCUT2D eigenvalue weighted by Gasteiger charge is 2.40. The van der Waals surface area contributed by atoms with E-state index in [1.54, 1.807) is 0 Å². The fraction of sp³-hybridized carbons (Fsp3) is 0.167. The summed E-state index contributed by atoms with van der Waals surface area (Å²) in [6.07, 6.45) is -9.83. The van der Waals surface area contributed by atoms with E-state index in [1.807, 2.05) is 4.98 Å². The van der Waals surface area contributed by atoms with Crippen molar-refractivity contribution < 1.29 is 26.3 Å². The minimum absolute atomic E-state index is 0.0438. The number of alkyl halides is 6. The minimum atomic E-state index is -4.93. The molecule has 23 heavy (non-hydrogen) atoms. The highest BCUT2D eigenvalue weighted by molar-refractivity contribution is 7.13. The Morgan fingerprint density at radius 3 is 2.35 bits per heavy atom. The van der Waals surface area contributed by atoms with Gasteiger partial charge in [0.25, 0.3) is 5.56 Å². The highest BCUT2D eigenvalue weighted by Crippen LogP contribution is 2.40. The number of hydrogen-bond donors (Lipinski definition) is 1. The Bertz CT molecular complexity index is 919. The summed E-state index contributed by atoms with van der Waals surface area (Å²) in [6, 6.07) is 2.91. The Morgan fingerprint density at radius 1 is 1.13 bits per heavy atom. The smallest absolute Gasteiger partial charge is 0.335 e. The van der Waals surface area contributed by atoms with Crippen molar-refractivity contribution in [3.8, 4) is 10.4 Å². The van der Waals surface area contributed by atoms with Crippen molar-refractivity contribution in [2.45, 2.75) is 12.4 Å². The normalized spacial score (nSPS) is 13.0. The average molecular weight is 353 g/mol. The summed E-state index contributed by atoms with van der Waals surface area (Å²) in [7, 11) is 0. The van der Waals surface area contributed by atoms with E-state index >= 15 is 0 Å². The molecule has 0 atom stereocenters. The van der Waals surface area contributed by atoms with Gasteiger partial charge in [-0.2, -0.15) is 36.0 Å². The van der Waals surface area contributed by atoms with Crippen LogP contribution in [0.25, 0.3) is 16.1 Å². The summed E-state index contributed by atoms with van der Waals surface area (Å²) in [5.74, 6) is 0. The molecule has 11 heteroatoms. The van der Waals surface area contributed by atoms with Gasteiger partial charge in [0.15, 0.2) is 5.69 Å². The van der Waals surface area contributed by atoms with Gasteiger partial charge in [0.2, 0.25) is 0 Å². The standard InChI is InChI=1S/C12H5F6N3OS/c13-11(14,15)6-4-7(22)21-10(19-6)8(5-2-1-3-23-5)9(20-21)12(16,17)18/h1-4,19H. The number of fused-ring (bicyclic) bond motifs is 1. The van der Waals surface area contributed by atoms with Gasteiger partial charge in [-0.1, -0.05) is 6.07 Å². The Kier molecular flexibility index (Phi) is 3.29. The molecule has 1 N–H and O–H groups in total. The van der Waals surface area contributed by atoms with Crippen molar-refractivity contribution in [1.29, 1.82) is 0 Å².